The number of hydrogen-bond donors (Lipinski definition) is 3. The van der Waals surface area contributed by atoms with Crippen LogP contribution in [-0.4, -0.2) is 23.1 Å². The molecule has 0 saturated heterocycles. The third kappa shape index (κ3) is 1.39. The molecule has 0 aromatic carbocycles. The van der Waals surface area contributed by atoms with Crippen molar-refractivity contribution in [2.24, 2.45) is 0 Å². The van der Waals surface area contributed by atoms with E-state index in [4.69, 9.17) is 5.11 Å². The molecule has 1 unspecified atom stereocenters. The number of amides is 2. The summed E-state index contributed by atoms with van der Waals surface area (Å²) in [6, 6.07) is -0.791. The van der Waals surface area contributed by atoms with E-state index in [-0.39, 0.29) is 11.6 Å². The summed E-state index contributed by atoms with van der Waals surface area (Å²) >= 11 is 0. The van der Waals surface area contributed by atoms with Crippen LogP contribution in [0.3, 0.4) is 0 Å². The predicted molar refractivity (Wildman–Crippen MR) is 41.5 cm³/mol. The van der Waals surface area contributed by atoms with Crippen molar-refractivity contribution in [3.63, 3.8) is 0 Å². The summed E-state index contributed by atoms with van der Waals surface area (Å²) in [4.78, 5) is 21.4. The largest absolute Gasteiger partial charge is 0.478 e. The third-order valence-electron chi connectivity index (χ3n) is 1.72. The van der Waals surface area contributed by atoms with Gasteiger partial charge in [-0.25, -0.2) is 9.59 Å². The van der Waals surface area contributed by atoms with Crippen molar-refractivity contribution in [2.75, 3.05) is 0 Å². The van der Waals surface area contributed by atoms with Crippen LogP contribution in [0.1, 0.15) is 13.8 Å². The molecular formula is C7H10N2O3. The summed E-state index contributed by atoms with van der Waals surface area (Å²) < 4.78 is 0. The van der Waals surface area contributed by atoms with Crippen molar-refractivity contribution in [3.8, 4) is 0 Å². The lowest BCUT2D eigenvalue weighted by Crippen LogP contribution is -2.48. The van der Waals surface area contributed by atoms with Gasteiger partial charge in [0.15, 0.2) is 0 Å². The maximum atomic E-state index is 10.8. The monoisotopic (exact) mass is 170 g/mol. The Bertz CT molecular complexity index is 270. The van der Waals surface area contributed by atoms with Crippen molar-refractivity contribution >= 4 is 12.0 Å². The molecule has 5 heteroatoms. The first-order chi connectivity index (χ1) is 5.52. The van der Waals surface area contributed by atoms with Crippen LogP contribution >= 0.6 is 0 Å². The Balaban J connectivity index is 3.01. The first-order valence-corrected chi connectivity index (χ1v) is 3.54. The summed E-state index contributed by atoms with van der Waals surface area (Å²) in [6.45, 7) is 3.20. The van der Waals surface area contributed by atoms with Crippen molar-refractivity contribution in [3.05, 3.63) is 11.3 Å². The summed E-state index contributed by atoms with van der Waals surface area (Å²) in [5, 5.41) is 13.6. The number of carbonyl (C=O) groups is 2. The lowest BCUT2D eigenvalue weighted by molar-refractivity contribution is -0.133. The van der Waals surface area contributed by atoms with E-state index in [1.54, 1.807) is 13.8 Å². The fraction of sp³-hybridized carbons (Fsp3) is 0.429. The molecule has 0 spiro atoms. The van der Waals surface area contributed by atoms with E-state index in [2.05, 4.69) is 10.6 Å². The molecule has 3 N–H and O–H groups in total. The van der Waals surface area contributed by atoms with E-state index in [9.17, 15) is 9.59 Å². The van der Waals surface area contributed by atoms with E-state index in [1.807, 2.05) is 0 Å². The van der Waals surface area contributed by atoms with E-state index in [0.717, 1.165) is 0 Å². The zero-order valence-electron chi connectivity index (χ0n) is 6.84. The Labute approximate surface area is 69.5 Å². The van der Waals surface area contributed by atoms with Gasteiger partial charge in [0.25, 0.3) is 0 Å². The van der Waals surface area contributed by atoms with Crippen LogP contribution in [0.2, 0.25) is 0 Å². The number of hydrogen-bond acceptors (Lipinski definition) is 2. The van der Waals surface area contributed by atoms with Crippen molar-refractivity contribution in [1.29, 1.82) is 0 Å². The zero-order chi connectivity index (χ0) is 9.30. The van der Waals surface area contributed by atoms with Crippen LogP contribution in [0.15, 0.2) is 11.3 Å². The molecule has 1 aliphatic heterocycles. The predicted octanol–water partition coefficient (Wildman–Crippen LogP) is 0.0463. The molecule has 2 amide bonds. The Morgan fingerprint density at radius 2 is 2.17 bits per heavy atom. The van der Waals surface area contributed by atoms with Crippen LogP contribution in [0, 0.1) is 0 Å². The molecule has 12 heavy (non-hydrogen) atoms. The average Bonchev–Trinajstić information content (AvgIpc) is 1.82. The fourth-order valence-electron chi connectivity index (χ4n) is 1.21. The van der Waals surface area contributed by atoms with Gasteiger partial charge < -0.3 is 15.7 Å². The molecule has 1 atom stereocenters. The van der Waals surface area contributed by atoms with E-state index in [1.165, 1.54) is 0 Å². The normalized spacial score (nSPS) is 23.2. The maximum Gasteiger partial charge on any atom is 0.335 e. The number of nitrogens with one attached hydrogen (secondary N) is 2. The second kappa shape index (κ2) is 2.84. The number of rotatable bonds is 1. The standard InChI is InChI=1S/C7H10N2O3/c1-3-5(6(10)11)4(2)9-7(12)8-3/h3H,1-2H3,(H,10,11)(H2,8,9,12). The van der Waals surface area contributed by atoms with Crippen molar-refractivity contribution in [1.82, 2.24) is 10.6 Å². The van der Waals surface area contributed by atoms with Gasteiger partial charge in [-0.1, -0.05) is 0 Å². The van der Waals surface area contributed by atoms with Gasteiger partial charge in [0, 0.05) is 5.70 Å². The summed E-state index contributed by atoms with van der Waals surface area (Å²) in [5.74, 6) is -1.01. The smallest absolute Gasteiger partial charge is 0.335 e. The molecule has 0 aromatic rings. The van der Waals surface area contributed by atoms with Gasteiger partial charge in [0.2, 0.25) is 0 Å². The van der Waals surface area contributed by atoms with Crippen LogP contribution in [0.5, 0.6) is 0 Å². The number of carboxylic acids is 1. The van der Waals surface area contributed by atoms with Crippen molar-refractivity contribution < 1.29 is 14.7 Å². The topological polar surface area (TPSA) is 78.4 Å². The summed E-state index contributed by atoms with van der Waals surface area (Å²) in [6.07, 6.45) is 0. The highest BCUT2D eigenvalue weighted by atomic mass is 16.4. The lowest BCUT2D eigenvalue weighted by Gasteiger charge is -2.23. The number of carbonyl (C=O) groups excluding carboxylic acids is 1. The molecule has 1 aliphatic rings. The fourth-order valence-corrected chi connectivity index (χ4v) is 1.21. The van der Waals surface area contributed by atoms with Gasteiger partial charge in [-0.2, -0.15) is 0 Å². The van der Waals surface area contributed by atoms with Gasteiger partial charge in [-0.05, 0) is 13.8 Å². The third-order valence-corrected chi connectivity index (χ3v) is 1.72. The highest BCUT2D eigenvalue weighted by molar-refractivity contribution is 5.93. The van der Waals surface area contributed by atoms with Gasteiger partial charge in [-0.15, -0.1) is 0 Å². The summed E-state index contributed by atoms with van der Waals surface area (Å²) in [5.41, 5.74) is 0.605. The van der Waals surface area contributed by atoms with Crippen LogP contribution in [0.4, 0.5) is 4.79 Å². The maximum absolute atomic E-state index is 10.8. The van der Waals surface area contributed by atoms with Crippen LogP contribution < -0.4 is 10.6 Å². The Kier molecular flexibility index (Phi) is 2.03. The SMILES string of the molecule is CC1=C(C(=O)O)C(C)NC(=O)N1. The van der Waals surface area contributed by atoms with Crippen molar-refractivity contribution in [2.45, 2.75) is 19.9 Å². The Morgan fingerprint density at radius 3 is 2.58 bits per heavy atom. The highest BCUT2D eigenvalue weighted by Crippen LogP contribution is 2.10. The first-order valence-electron chi connectivity index (χ1n) is 3.54. The van der Waals surface area contributed by atoms with Gasteiger partial charge in [0.05, 0.1) is 11.6 Å². The average molecular weight is 170 g/mol. The van der Waals surface area contributed by atoms with Crippen LogP contribution in [-0.2, 0) is 4.79 Å². The minimum Gasteiger partial charge on any atom is -0.478 e. The Morgan fingerprint density at radius 1 is 1.58 bits per heavy atom. The molecule has 0 radical (unpaired) electrons. The van der Waals surface area contributed by atoms with Gasteiger partial charge >= 0.3 is 12.0 Å². The van der Waals surface area contributed by atoms with E-state index < -0.39 is 12.0 Å². The molecule has 0 aliphatic carbocycles. The lowest BCUT2D eigenvalue weighted by atomic mass is 10.1. The first kappa shape index (κ1) is 8.58. The summed E-state index contributed by atoms with van der Waals surface area (Å²) in [7, 11) is 0. The van der Waals surface area contributed by atoms with Crippen LogP contribution in [0.25, 0.3) is 0 Å². The molecule has 1 rings (SSSR count). The number of allylic oxidation sites excluding steroid dienone is 1. The second-order valence-corrected chi connectivity index (χ2v) is 2.66. The number of carboxylic acid groups (broad SMARTS) is 1. The molecule has 66 valence electrons. The molecule has 1 heterocycles. The number of aliphatic carboxylic acids is 1. The molecular weight excluding hydrogens is 160 g/mol. The van der Waals surface area contributed by atoms with Gasteiger partial charge in [0.1, 0.15) is 0 Å². The molecule has 0 saturated carbocycles. The molecule has 0 bridgehead atoms. The second-order valence-electron chi connectivity index (χ2n) is 2.66. The highest BCUT2D eigenvalue weighted by Gasteiger charge is 2.25. The number of urea groups is 1. The molecule has 0 aromatic heterocycles. The van der Waals surface area contributed by atoms with E-state index in [0.29, 0.717) is 5.70 Å². The quantitative estimate of drug-likeness (QED) is 0.520. The molecule has 0 fully saturated rings. The minimum absolute atomic E-state index is 0.203. The van der Waals surface area contributed by atoms with Gasteiger partial charge in [-0.3, -0.25) is 0 Å². The van der Waals surface area contributed by atoms with E-state index >= 15 is 0 Å². The molecule has 5 nitrogen and oxygen atoms in total. The zero-order valence-corrected chi connectivity index (χ0v) is 6.84. The minimum atomic E-state index is -1.01. The Hall–Kier alpha value is -1.52.